The summed E-state index contributed by atoms with van der Waals surface area (Å²) >= 11 is 0. The molecule has 80 valence electrons. The number of nitro groups is 1. The largest absolute Gasteiger partial charge is 0.465 e. The molecule has 0 fully saturated rings. The molecular formula is C8H7FN2O4. The number of nitrogen functional groups attached to an aromatic ring is 1. The highest BCUT2D eigenvalue weighted by Gasteiger charge is 2.21. The number of methoxy groups -OCH3 is 1. The van der Waals surface area contributed by atoms with Gasteiger partial charge in [-0.25, -0.2) is 4.79 Å². The predicted octanol–water partition coefficient (Wildman–Crippen LogP) is 1.10. The van der Waals surface area contributed by atoms with E-state index >= 15 is 0 Å². The van der Waals surface area contributed by atoms with Crippen molar-refractivity contribution in [2.75, 3.05) is 12.8 Å². The van der Waals surface area contributed by atoms with Crippen LogP contribution in [0.3, 0.4) is 0 Å². The highest BCUT2D eigenvalue weighted by molar-refractivity contribution is 5.91. The number of hydrogen-bond donors (Lipinski definition) is 1. The van der Waals surface area contributed by atoms with Crippen LogP contribution in [0.25, 0.3) is 0 Å². The van der Waals surface area contributed by atoms with E-state index in [9.17, 15) is 19.3 Å². The maximum absolute atomic E-state index is 13.1. The molecule has 0 saturated carbocycles. The number of carbonyl (C=O) groups excluding carboxylic acids is 1. The normalized spacial score (nSPS) is 9.73. The van der Waals surface area contributed by atoms with E-state index in [0.717, 1.165) is 19.2 Å². The molecule has 0 aliphatic rings. The first-order valence-electron chi connectivity index (χ1n) is 3.79. The first kappa shape index (κ1) is 10.9. The Morgan fingerprint density at radius 3 is 2.67 bits per heavy atom. The summed E-state index contributed by atoms with van der Waals surface area (Å²) in [6.45, 7) is 0. The predicted molar refractivity (Wildman–Crippen MR) is 48.8 cm³/mol. The third kappa shape index (κ3) is 2.01. The summed E-state index contributed by atoms with van der Waals surface area (Å²) in [7, 11) is 1.10. The van der Waals surface area contributed by atoms with Crippen molar-refractivity contribution in [3.05, 3.63) is 33.6 Å². The second-order valence-electron chi connectivity index (χ2n) is 2.65. The number of nitrogens with two attached hydrogens (primary N) is 1. The third-order valence-electron chi connectivity index (χ3n) is 1.70. The van der Waals surface area contributed by atoms with Gasteiger partial charge >= 0.3 is 11.7 Å². The molecule has 0 aromatic heterocycles. The number of halogens is 1. The molecule has 1 aromatic carbocycles. The van der Waals surface area contributed by atoms with Crippen LogP contribution in [-0.4, -0.2) is 18.0 Å². The summed E-state index contributed by atoms with van der Waals surface area (Å²) < 4.78 is 17.4. The zero-order chi connectivity index (χ0) is 11.6. The Labute approximate surface area is 83.6 Å². The van der Waals surface area contributed by atoms with Crippen LogP contribution in [0, 0.1) is 15.9 Å². The first-order chi connectivity index (χ1) is 6.97. The van der Waals surface area contributed by atoms with Crippen LogP contribution in [0.1, 0.15) is 10.4 Å². The lowest BCUT2D eigenvalue weighted by atomic mass is 10.1. The molecule has 0 aliphatic carbocycles. The molecule has 0 heterocycles. The molecule has 0 unspecified atom stereocenters. The molecule has 6 nitrogen and oxygen atoms in total. The van der Waals surface area contributed by atoms with Gasteiger partial charge in [-0.05, 0) is 6.07 Å². The number of nitro benzene ring substituents is 1. The van der Waals surface area contributed by atoms with Crippen LogP contribution in [0.15, 0.2) is 12.1 Å². The molecule has 1 rings (SSSR count). The number of nitrogens with zero attached hydrogens (tertiary/aromatic N) is 1. The van der Waals surface area contributed by atoms with Gasteiger partial charge in [-0.2, -0.15) is 4.39 Å². The third-order valence-corrected chi connectivity index (χ3v) is 1.70. The lowest BCUT2D eigenvalue weighted by molar-refractivity contribution is -0.387. The number of benzene rings is 1. The Hall–Kier alpha value is -2.18. The first-order valence-corrected chi connectivity index (χ1v) is 3.79. The maximum Gasteiger partial charge on any atom is 0.338 e. The summed E-state index contributed by atoms with van der Waals surface area (Å²) in [5.41, 5.74) is 3.68. The molecule has 0 aliphatic heterocycles. The topological polar surface area (TPSA) is 95.5 Å². The van der Waals surface area contributed by atoms with Crippen LogP contribution in [0.5, 0.6) is 0 Å². The van der Waals surface area contributed by atoms with E-state index in [-0.39, 0.29) is 5.56 Å². The SMILES string of the molecule is COC(=O)c1cc(N)c(F)c([N+](=O)[O-])c1. The quantitative estimate of drug-likeness (QED) is 0.344. The van der Waals surface area contributed by atoms with E-state index in [1.807, 2.05) is 0 Å². The van der Waals surface area contributed by atoms with Gasteiger partial charge in [0.25, 0.3) is 0 Å². The zero-order valence-electron chi connectivity index (χ0n) is 7.69. The molecule has 0 bridgehead atoms. The van der Waals surface area contributed by atoms with Gasteiger partial charge in [-0.3, -0.25) is 10.1 Å². The monoisotopic (exact) mass is 214 g/mol. The summed E-state index contributed by atoms with van der Waals surface area (Å²) in [4.78, 5) is 20.5. The number of anilines is 1. The molecule has 0 spiro atoms. The van der Waals surface area contributed by atoms with Crippen LogP contribution >= 0.6 is 0 Å². The molecule has 15 heavy (non-hydrogen) atoms. The van der Waals surface area contributed by atoms with Gasteiger partial charge in [0.1, 0.15) is 0 Å². The van der Waals surface area contributed by atoms with Crippen molar-refractivity contribution in [1.82, 2.24) is 0 Å². The summed E-state index contributed by atoms with van der Waals surface area (Å²) in [6, 6.07) is 1.76. The van der Waals surface area contributed by atoms with Crippen molar-refractivity contribution >= 4 is 17.3 Å². The van der Waals surface area contributed by atoms with Crippen molar-refractivity contribution in [3.63, 3.8) is 0 Å². The number of hydrogen-bond acceptors (Lipinski definition) is 5. The summed E-state index contributed by atoms with van der Waals surface area (Å²) in [6.07, 6.45) is 0. The average molecular weight is 214 g/mol. The molecule has 0 atom stereocenters. The van der Waals surface area contributed by atoms with Gasteiger partial charge in [0.05, 0.1) is 23.3 Å². The molecule has 1 aromatic rings. The fourth-order valence-electron chi connectivity index (χ4n) is 1.000. The van der Waals surface area contributed by atoms with Crippen molar-refractivity contribution < 1.29 is 18.8 Å². The minimum Gasteiger partial charge on any atom is -0.465 e. The van der Waals surface area contributed by atoms with Crippen LogP contribution < -0.4 is 5.73 Å². The van der Waals surface area contributed by atoms with Crippen LogP contribution in [0.4, 0.5) is 15.8 Å². The number of carbonyl (C=O) groups is 1. The molecule has 0 radical (unpaired) electrons. The molecule has 0 saturated heterocycles. The lowest BCUT2D eigenvalue weighted by Crippen LogP contribution is -2.06. The van der Waals surface area contributed by atoms with Crippen molar-refractivity contribution in [2.24, 2.45) is 0 Å². The van der Waals surface area contributed by atoms with Gasteiger partial charge in [-0.1, -0.05) is 0 Å². The standard InChI is InChI=1S/C8H7FN2O4/c1-15-8(12)4-2-5(10)7(9)6(3-4)11(13)14/h2-3H,10H2,1H3. The second kappa shape index (κ2) is 3.91. The Kier molecular flexibility index (Phi) is 2.84. The minimum atomic E-state index is -1.16. The van der Waals surface area contributed by atoms with Gasteiger partial charge in [-0.15, -0.1) is 0 Å². The summed E-state index contributed by atoms with van der Waals surface area (Å²) in [5.74, 6) is -1.97. The van der Waals surface area contributed by atoms with E-state index in [2.05, 4.69) is 4.74 Å². The van der Waals surface area contributed by atoms with Crippen molar-refractivity contribution in [1.29, 1.82) is 0 Å². The van der Waals surface area contributed by atoms with E-state index in [4.69, 9.17) is 5.73 Å². The maximum atomic E-state index is 13.1. The smallest absolute Gasteiger partial charge is 0.338 e. The molecule has 2 N–H and O–H groups in total. The fraction of sp³-hybridized carbons (Fsp3) is 0.125. The van der Waals surface area contributed by atoms with Crippen LogP contribution in [0.2, 0.25) is 0 Å². The second-order valence-corrected chi connectivity index (χ2v) is 2.65. The van der Waals surface area contributed by atoms with Gasteiger partial charge < -0.3 is 10.5 Å². The number of esters is 1. The Morgan fingerprint density at radius 1 is 1.60 bits per heavy atom. The zero-order valence-corrected chi connectivity index (χ0v) is 7.69. The van der Waals surface area contributed by atoms with E-state index in [1.54, 1.807) is 0 Å². The van der Waals surface area contributed by atoms with Gasteiger partial charge in [0.2, 0.25) is 5.82 Å². The van der Waals surface area contributed by atoms with Crippen LogP contribution in [-0.2, 0) is 4.74 Å². The summed E-state index contributed by atoms with van der Waals surface area (Å²) in [5, 5.41) is 10.4. The Morgan fingerprint density at radius 2 is 2.20 bits per heavy atom. The highest BCUT2D eigenvalue weighted by Crippen LogP contribution is 2.24. The van der Waals surface area contributed by atoms with E-state index in [0.29, 0.717) is 0 Å². The van der Waals surface area contributed by atoms with Gasteiger partial charge in [0.15, 0.2) is 0 Å². The number of rotatable bonds is 2. The Bertz CT molecular complexity index is 433. The number of ether oxygens (including phenoxy) is 1. The van der Waals surface area contributed by atoms with E-state index < -0.39 is 28.1 Å². The van der Waals surface area contributed by atoms with Gasteiger partial charge in [0, 0.05) is 6.07 Å². The molecule has 0 amide bonds. The lowest BCUT2D eigenvalue weighted by Gasteiger charge is -2.02. The average Bonchev–Trinajstić information content (AvgIpc) is 2.20. The fourth-order valence-corrected chi connectivity index (χ4v) is 1.000. The molecular weight excluding hydrogens is 207 g/mol. The minimum absolute atomic E-state index is 0.164. The highest BCUT2D eigenvalue weighted by atomic mass is 19.1. The van der Waals surface area contributed by atoms with Crippen molar-refractivity contribution in [2.45, 2.75) is 0 Å². The Balaban J connectivity index is 3.35. The van der Waals surface area contributed by atoms with Crippen molar-refractivity contribution in [3.8, 4) is 0 Å². The molecule has 7 heteroatoms. The van der Waals surface area contributed by atoms with E-state index in [1.165, 1.54) is 0 Å².